The summed E-state index contributed by atoms with van der Waals surface area (Å²) in [5.74, 6) is 0.159. The van der Waals surface area contributed by atoms with Crippen molar-refractivity contribution in [3.05, 3.63) is 54.0 Å². The summed E-state index contributed by atoms with van der Waals surface area (Å²) >= 11 is 0. The van der Waals surface area contributed by atoms with E-state index in [2.05, 4.69) is 30.5 Å². The van der Waals surface area contributed by atoms with E-state index in [0.29, 0.717) is 18.1 Å². The SMILES string of the molecule is O=C(CNC(=O)c1cccc2[nH]ccc12)NCc1ccnc(N2CCCC2)n1. The quantitative estimate of drug-likeness (QED) is 0.605. The predicted octanol–water partition coefficient (Wildman–Crippen LogP) is 1.60. The molecule has 3 aromatic rings. The van der Waals surface area contributed by atoms with Crippen molar-refractivity contribution in [2.75, 3.05) is 24.5 Å². The van der Waals surface area contributed by atoms with Crippen LogP contribution >= 0.6 is 0 Å². The van der Waals surface area contributed by atoms with E-state index in [1.165, 1.54) is 0 Å². The van der Waals surface area contributed by atoms with E-state index in [0.717, 1.165) is 42.5 Å². The molecule has 1 aliphatic rings. The third kappa shape index (κ3) is 3.95. The van der Waals surface area contributed by atoms with Gasteiger partial charge in [0.1, 0.15) is 0 Å². The van der Waals surface area contributed by atoms with Gasteiger partial charge in [-0.25, -0.2) is 9.97 Å². The van der Waals surface area contributed by atoms with Gasteiger partial charge in [-0.1, -0.05) is 6.07 Å². The monoisotopic (exact) mass is 378 g/mol. The van der Waals surface area contributed by atoms with E-state index in [9.17, 15) is 9.59 Å². The lowest BCUT2D eigenvalue weighted by Crippen LogP contribution is -2.36. The van der Waals surface area contributed by atoms with Gasteiger partial charge in [0.2, 0.25) is 11.9 Å². The summed E-state index contributed by atoms with van der Waals surface area (Å²) in [7, 11) is 0. The van der Waals surface area contributed by atoms with Crippen LogP contribution in [0.1, 0.15) is 28.9 Å². The number of benzene rings is 1. The summed E-state index contributed by atoms with van der Waals surface area (Å²) in [4.78, 5) is 38.5. The van der Waals surface area contributed by atoms with Crippen LogP contribution in [0.25, 0.3) is 10.9 Å². The summed E-state index contributed by atoms with van der Waals surface area (Å²) in [6.45, 7) is 2.14. The van der Waals surface area contributed by atoms with E-state index in [1.54, 1.807) is 30.6 Å². The number of aromatic amines is 1. The van der Waals surface area contributed by atoms with Crippen LogP contribution in [0.4, 0.5) is 5.95 Å². The van der Waals surface area contributed by atoms with Crippen LogP contribution in [0, 0.1) is 0 Å². The molecule has 8 heteroatoms. The maximum Gasteiger partial charge on any atom is 0.252 e. The molecule has 8 nitrogen and oxygen atoms in total. The maximum atomic E-state index is 12.4. The van der Waals surface area contributed by atoms with E-state index < -0.39 is 0 Å². The van der Waals surface area contributed by atoms with Crippen LogP contribution in [0.3, 0.4) is 0 Å². The molecule has 0 aliphatic carbocycles. The number of anilines is 1. The Bertz CT molecular complexity index is 993. The zero-order chi connectivity index (χ0) is 19.3. The average Bonchev–Trinajstić information content (AvgIpc) is 3.42. The molecular formula is C20H22N6O2. The van der Waals surface area contributed by atoms with E-state index in [1.807, 2.05) is 12.1 Å². The predicted molar refractivity (Wildman–Crippen MR) is 106 cm³/mol. The first-order chi connectivity index (χ1) is 13.7. The molecule has 1 fully saturated rings. The van der Waals surface area contributed by atoms with Crippen LogP contribution < -0.4 is 15.5 Å². The van der Waals surface area contributed by atoms with Gasteiger partial charge in [0, 0.05) is 41.9 Å². The lowest BCUT2D eigenvalue weighted by atomic mass is 10.1. The molecule has 2 amide bonds. The first-order valence-electron chi connectivity index (χ1n) is 9.38. The van der Waals surface area contributed by atoms with Gasteiger partial charge < -0.3 is 20.5 Å². The fraction of sp³-hybridized carbons (Fsp3) is 0.300. The van der Waals surface area contributed by atoms with Crippen LogP contribution in [-0.2, 0) is 11.3 Å². The minimum atomic E-state index is -0.279. The third-order valence-electron chi connectivity index (χ3n) is 4.81. The number of amides is 2. The largest absolute Gasteiger partial charge is 0.361 e. The van der Waals surface area contributed by atoms with Crippen LogP contribution in [0.5, 0.6) is 0 Å². The minimum Gasteiger partial charge on any atom is -0.361 e. The molecule has 0 atom stereocenters. The Balaban J connectivity index is 1.29. The molecule has 0 unspecified atom stereocenters. The van der Waals surface area contributed by atoms with Crippen molar-refractivity contribution < 1.29 is 9.59 Å². The second-order valence-corrected chi connectivity index (χ2v) is 6.75. The lowest BCUT2D eigenvalue weighted by molar-refractivity contribution is -0.120. The number of fused-ring (bicyclic) bond motifs is 1. The maximum absolute atomic E-state index is 12.4. The molecule has 1 aromatic carbocycles. The average molecular weight is 378 g/mol. The van der Waals surface area contributed by atoms with Gasteiger partial charge in [-0.05, 0) is 37.1 Å². The normalized spacial score (nSPS) is 13.6. The van der Waals surface area contributed by atoms with Gasteiger partial charge in [0.25, 0.3) is 5.91 Å². The molecule has 0 spiro atoms. The smallest absolute Gasteiger partial charge is 0.252 e. The van der Waals surface area contributed by atoms with Gasteiger partial charge in [0.05, 0.1) is 18.8 Å². The van der Waals surface area contributed by atoms with Crippen molar-refractivity contribution in [1.82, 2.24) is 25.6 Å². The molecule has 4 rings (SSSR count). The van der Waals surface area contributed by atoms with Crippen LogP contribution in [0.15, 0.2) is 42.7 Å². The Kier molecular flexibility index (Phi) is 5.18. The highest BCUT2D eigenvalue weighted by molar-refractivity contribution is 6.07. The van der Waals surface area contributed by atoms with Crippen molar-refractivity contribution in [2.45, 2.75) is 19.4 Å². The second-order valence-electron chi connectivity index (χ2n) is 6.75. The number of hydrogen-bond donors (Lipinski definition) is 3. The topological polar surface area (TPSA) is 103 Å². The molecule has 1 aliphatic heterocycles. The number of hydrogen-bond acceptors (Lipinski definition) is 5. The fourth-order valence-corrected chi connectivity index (χ4v) is 3.34. The number of aromatic nitrogens is 3. The Labute approximate surface area is 162 Å². The molecule has 0 bridgehead atoms. The number of carbonyl (C=O) groups excluding carboxylic acids is 2. The molecule has 28 heavy (non-hydrogen) atoms. The number of carbonyl (C=O) groups is 2. The Hall–Kier alpha value is -3.42. The van der Waals surface area contributed by atoms with Gasteiger partial charge in [-0.3, -0.25) is 9.59 Å². The highest BCUT2D eigenvalue weighted by Gasteiger charge is 2.15. The van der Waals surface area contributed by atoms with E-state index in [4.69, 9.17) is 0 Å². The zero-order valence-electron chi connectivity index (χ0n) is 15.4. The van der Waals surface area contributed by atoms with E-state index >= 15 is 0 Å². The van der Waals surface area contributed by atoms with Gasteiger partial charge in [-0.2, -0.15) is 0 Å². The van der Waals surface area contributed by atoms with Crippen LogP contribution in [-0.4, -0.2) is 46.4 Å². The zero-order valence-corrected chi connectivity index (χ0v) is 15.4. The van der Waals surface area contributed by atoms with E-state index in [-0.39, 0.29) is 18.4 Å². The molecule has 3 heterocycles. The van der Waals surface area contributed by atoms with Crippen molar-refractivity contribution in [1.29, 1.82) is 0 Å². The molecule has 1 saturated heterocycles. The number of nitrogens with zero attached hydrogens (tertiary/aromatic N) is 3. The fourth-order valence-electron chi connectivity index (χ4n) is 3.34. The minimum absolute atomic E-state index is 0.0935. The van der Waals surface area contributed by atoms with Crippen molar-refractivity contribution in [3.63, 3.8) is 0 Å². The Morgan fingerprint density at radius 2 is 1.96 bits per heavy atom. The van der Waals surface area contributed by atoms with Gasteiger partial charge >= 0.3 is 0 Å². The molecule has 3 N–H and O–H groups in total. The third-order valence-corrected chi connectivity index (χ3v) is 4.81. The first kappa shape index (κ1) is 18.0. The second kappa shape index (κ2) is 8.08. The van der Waals surface area contributed by atoms with Gasteiger partial charge in [0.15, 0.2) is 0 Å². The molecule has 144 valence electrons. The summed E-state index contributed by atoms with van der Waals surface area (Å²) in [5, 5.41) is 6.28. The number of rotatable bonds is 6. The number of nitrogens with one attached hydrogen (secondary N) is 3. The molecular weight excluding hydrogens is 356 g/mol. The Morgan fingerprint density at radius 1 is 1.11 bits per heavy atom. The summed E-state index contributed by atoms with van der Waals surface area (Å²) in [6.07, 6.45) is 5.80. The van der Waals surface area contributed by atoms with Crippen molar-refractivity contribution >= 4 is 28.7 Å². The highest BCUT2D eigenvalue weighted by Crippen LogP contribution is 2.17. The summed E-state index contributed by atoms with van der Waals surface area (Å²) < 4.78 is 0. The molecule has 0 radical (unpaired) electrons. The van der Waals surface area contributed by atoms with Gasteiger partial charge in [-0.15, -0.1) is 0 Å². The standard InChI is InChI=1S/C20H22N6O2/c27-18(13-24-19(28)16-4-3-5-17-15(16)7-9-21-17)23-12-14-6-8-22-20(25-14)26-10-1-2-11-26/h3-9,21H,1-2,10-13H2,(H,23,27)(H,24,28). The summed E-state index contributed by atoms with van der Waals surface area (Å²) in [6, 6.07) is 9.07. The lowest BCUT2D eigenvalue weighted by Gasteiger charge is -2.15. The first-order valence-corrected chi connectivity index (χ1v) is 9.38. The molecule has 0 saturated carbocycles. The Morgan fingerprint density at radius 3 is 2.82 bits per heavy atom. The number of H-pyrrole nitrogens is 1. The van der Waals surface area contributed by atoms with Crippen LogP contribution in [0.2, 0.25) is 0 Å². The summed E-state index contributed by atoms with van der Waals surface area (Å²) in [5.41, 5.74) is 2.17. The molecule has 2 aromatic heterocycles. The van der Waals surface area contributed by atoms with Crippen molar-refractivity contribution in [3.8, 4) is 0 Å². The van der Waals surface area contributed by atoms with Crippen molar-refractivity contribution in [2.24, 2.45) is 0 Å². The highest BCUT2D eigenvalue weighted by atomic mass is 16.2.